The molecule has 2 atom stereocenters. The van der Waals surface area contributed by atoms with E-state index in [9.17, 15) is 0 Å². The van der Waals surface area contributed by atoms with Gasteiger partial charge in [-0.05, 0) is 38.1 Å². The summed E-state index contributed by atoms with van der Waals surface area (Å²) in [5.74, 6) is 0.239. The number of aromatic nitrogens is 1. The maximum atomic E-state index is 7.80. The summed E-state index contributed by atoms with van der Waals surface area (Å²) >= 11 is 6.04. The summed E-state index contributed by atoms with van der Waals surface area (Å²) in [5, 5.41) is 10.5. The molecule has 2 unspecified atom stereocenters. The lowest BCUT2D eigenvalue weighted by atomic mass is 9.84. The number of likely N-dealkylation sites (tertiary alicyclic amines) is 1. The molecule has 0 aromatic carbocycles. The first-order chi connectivity index (χ1) is 12.2. The molecule has 134 valence electrons. The predicted molar refractivity (Wildman–Crippen MR) is 103 cm³/mol. The fourth-order valence-electron chi connectivity index (χ4n) is 3.64. The van der Waals surface area contributed by atoms with E-state index in [1.165, 1.54) is 45.1 Å². The molecule has 0 amide bonds. The molecule has 0 aliphatic carbocycles. The Balaban J connectivity index is 1.57. The Hall–Kier alpha value is -1.56. The van der Waals surface area contributed by atoms with Gasteiger partial charge in [0, 0.05) is 42.8 Å². The van der Waals surface area contributed by atoms with E-state index in [4.69, 9.17) is 17.0 Å². The number of allylic oxidation sites excluding steroid dienone is 1. The summed E-state index contributed by atoms with van der Waals surface area (Å²) in [5.41, 5.74) is 2.78. The van der Waals surface area contributed by atoms with E-state index in [1.54, 1.807) is 6.07 Å². The molecule has 3 rings (SSSR count). The van der Waals surface area contributed by atoms with Crippen LogP contribution in [-0.4, -0.2) is 48.5 Å². The van der Waals surface area contributed by atoms with Gasteiger partial charge in [0.05, 0.1) is 24.1 Å². The molecule has 2 aliphatic heterocycles. The second-order valence-electron chi connectivity index (χ2n) is 6.87. The maximum absolute atomic E-state index is 7.80. The smallest absolute Gasteiger partial charge is 0.129 e. The van der Waals surface area contributed by atoms with Crippen molar-refractivity contribution in [2.75, 3.05) is 26.2 Å². The minimum Gasteiger partial charge on any atom is -0.320 e. The van der Waals surface area contributed by atoms with Gasteiger partial charge in [0.2, 0.25) is 0 Å². The van der Waals surface area contributed by atoms with Crippen molar-refractivity contribution in [1.29, 1.82) is 5.41 Å². The highest BCUT2D eigenvalue weighted by Gasteiger charge is 2.28. The topological polar surface area (TPSA) is 69.0 Å². The number of hydrogen-bond acceptors (Lipinski definition) is 4. The fourth-order valence-corrected chi connectivity index (χ4v) is 3.79. The van der Waals surface area contributed by atoms with Crippen LogP contribution >= 0.6 is 11.6 Å². The fraction of sp³-hybridized carbons (Fsp3) is 0.526. The van der Waals surface area contributed by atoms with Gasteiger partial charge in [-0.1, -0.05) is 18.5 Å². The Kier molecular flexibility index (Phi) is 6.34. The van der Waals surface area contributed by atoms with Crippen molar-refractivity contribution in [3.05, 3.63) is 34.8 Å². The molecule has 1 fully saturated rings. The van der Waals surface area contributed by atoms with Gasteiger partial charge in [-0.3, -0.25) is 4.99 Å². The molecule has 0 spiro atoms. The molecule has 3 N–H and O–H groups in total. The number of pyridine rings is 1. The average molecular weight is 361 g/mol. The van der Waals surface area contributed by atoms with Gasteiger partial charge >= 0.3 is 0 Å². The molecule has 0 radical (unpaired) electrons. The number of hydrogen-bond donors (Lipinski definition) is 2. The number of fused-ring (bicyclic) bond motifs is 1. The molecule has 3 heterocycles. The van der Waals surface area contributed by atoms with Crippen molar-refractivity contribution in [3.63, 3.8) is 0 Å². The van der Waals surface area contributed by atoms with Crippen LogP contribution in [0.25, 0.3) is 0 Å². The van der Waals surface area contributed by atoms with Crippen molar-refractivity contribution in [1.82, 2.24) is 9.88 Å². The van der Waals surface area contributed by atoms with E-state index in [0.717, 1.165) is 23.5 Å². The first-order valence-electron chi connectivity index (χ1n) is 9.16. The standard InChI is InChI=1S/C19H26ClN5/c1-14-16(13-23-17-5-6-18(20)24-19(14)17)15(11-21)12-22-7-4-10-25-8-2-3-9-25/h5-6,11-14,16,21-22H,2-4,7-10H2,1H3/p+1. The van der Waals surface area contributed by atoms with E-state index in [2.05, 4.69) is 33.3 Å². The first kappa shape index (κ1) is 18.2. The SMILES string of the molecule is CC1c2nc(Cl)ccc2N=CC1C(C=N)=C[NH2+]CCCN1CCCC1. The summed E-state index contributed by atoms with van der Waals surface area (Å²) in [4.78, 5) is 11.5. The molecule has 25 heavy (non-hydrogen) atoms. The number of quaternary nitrogens is 1. The summed E-state index contributed by atoms with van der Waals surface area (Å²) in [6.45, 7) is 6.87. The molecule has 2 aliphatic rings. The zero-order valence-corrected chi connectivity index (χ0v) is 15.5. The Bertz CT molecular complexity index is 664. The second-order valence-corrected chi connectivity index (χ2v) is 7.26. The summed E-state index contributed by atoms with van der Waals surface area (Å²) in [6, 6.07) is 3.68. The van der Waals surface area contributed by atoms with Crippen LogP contribution in [0.5, 0.6) is 0 Å². The number of nitrogens with zero attached hydrogens (tertiary/aromatic N) is 3. The largest absolute Gasteiger partial charge is 0.320 e. The van der Waals surface area contributed by atoms with Crippen molar-refractivity contribution < 1.29 is 5.32 Å². The first-order valence-corrected chi connectivity index (χ1v) is 9.53. The lowest BCUT2D eigenvalue weighted by molar-refractivity contribution is -0.588. The Morgan fingerprint density at radius 2 is 2.20 bits per heavy atom. The molecule has 6 heteroatoms. The zero-order valence-electron chi connectivity index (χ0n) is 14.8. The molecule has 0 bridgehead atoms. The van der Waals surface area contributed by atoms with Crippen LogP contribution in [0.1, 0.15) is 37.8 Å². The summed E-state index contributed by atoms with van der Waals surface area (Å²) in [7, 11) is 0. The van der Waals surface area contributed by atoms with E-state index < -0.39 is 0 Å². The predicted octanol–water partition coefficient (Wildman–Crippen LogP) is 2.75. The van der Waals surface area contributed by atoms with Crippen LogP contribution < -0.4 is 5.32 Å². The van der Waals surface area contributed by atoms with Crippen molar-refractivity contribution >= 4 is 29.7 Å². The van der Waals surface area contributed by atoms with E-state index >= 15 is 0 Å². The van der Waals surface area contributed by atoms with Crippen molar-refractivity contribution in [2.24, 2.45) is 10.9 Å². The highest BCUT2D eigenvalue weighted by Crippen LogP contribution is 2.37. The third-order valence-corrected chi connectivity index (χ3v) is 5.33. The minimum atomic E-state index is 0.0748. The van der Waals surface area contributed by atoms with Crippen LogP contribution in [0.3, 0.4) is 0 Å². The summed E-state index contributed by atoms with van der Waals surface area (Å²) in [6.07, 6.45) is 9.34. The number of nitrogens with two attached hydrogens (primary N) is 1. The molecule has 1 aromatic rings. The van der Waals surface area contributed by atoms with Crippen molar-refractivity contribution in [3.8, 4) is 0 Å². The Morgan fingerprint density at radius 1 is 1.40 bits per heavy atom. The normalized spacial score (nSPS) is 23.7. The summed E-state index contributed by atoms with van der Waals surface area (Å²) < 4.78 is 0. The monoisotopic (exact) mass is 360 g/mol. The highest BCUT2D eigenvalue weighted by atomic mass is 35.5. The third kappa shape index (κ3) is 4.54. The number of nitrogens with one attached hydrogen (secondary N) is 1. The lowest BCUT2D eigenvalue weighted by Crippen LogP contribution is -2.78. The lowest BCUT2D eigenvalue weighted by Gasteiger charge is -2.25. The van der Waals surface area contributed by atoms with Crippen LogP contribution in [0.2, 0.25) is 5.15 Å². The average Bonchev–Trinajstić information content (AvgIpc) is 3.13. The van der Waals surface area contributed by atoms with E-state index in [0.29, 0.717) is 5.15 Å². The number of halogens is 1. The van der Waals surface area contributed by atoms with E-state index in [1.807, 2.05) is 12.3 Å². The third-order valence-electron chi connectivity index (χ3n) is 5.12. The van der Waals surface area contributed by atoms with E-state index in [-0.39, 0.29) is 11.8 Å². The van der Waals surface area contributed by atoms with Gasteiger partial charge < -0.3 is 15.6 Å². The number of aliphatic imine (C=N–C) groups is 1. The van der Waals surface area contributed by atoms with Crippen molar-refractivity contribution in [2.45, 2.75) is 32.1 Å². The van der Waals surface area contributed by atoms with Crippen LogP contribution in [-0.2, 0) is 0 Å². The van der Waals surface area contributed by atoms with Gasteiger partial charge in [0.1, 0.15) is 5.15 Å². The molecule has 1 aromatic heterocycles. The molecule has 0 saturated carbocycles. The van der Waals surface area contributed by atoms with Crippen LogP contribution in [0, 0.1) is 11.3 Å². The Morgan fingerprint density at radius 3 is 2.96 bits per heavy atom. The molecule has 5 nitrogen and oxygen atoms in total. The van der Waals surface area contributed by atoms with Gasteiger partial charge in [0.25, 0.3) is 0 Å². The Labute approximate surface area is 154 Å². The van der Waals surface area contributed by atoms with Crippen LogP contribution in [0.4, 0.5) is 5.69 Å². The van der Waals surface area contributed by atoms with Gasteiger partial charge in [-0.15, -0.1) is 0 Å². The maximum Gasteiger partial charge on any atom is 0.129 e. The quantitative estimate of drug-likeness (QED) is 0.446. The highest BCUT2D eigenvalue weighted by molar-refractivity contribution is 6.29. The van der Waals surface area contributed by atoms with Gasteiger partial charge in [0.15, 0.2) is 0 Å². The minimum absolute atomic E-state index is 0.0748. The van der Waals surface area contributed by atoms with Gasteiger partial charge in [-0.2, -0.15) is 0 Å². The van der Waals surface area contributed by atoms with Gasteiger partial charge in [-0.25, -0.2) is 4.98 Å². The zero-order chi connectivity index (χ0) is 17.6. The second kappa shape index (κ2) is 8.70. The van der Waals surface area contributed by atoms with Crippen LogP contribution in [0.15, 0.2) is 28.9 Å². The number of rotatable bonds is 7. The molecular weight excluding hydrogens is 334 g/mol. The molecular formula is C19H27ClN5+. The molecule has 1 saturated heterocycles.